The normalized spacial score (nSPS) is 23.4. The maximum Gasteiger partial charge on any atom is 0.244 e. The van der Waals surface area contributed by atoms with Crippen molar-refractivity contribution < 1.29 is 9.59 Å². The third kappa shape index (κ3) is 3.37. The Morgan fingerprint density at radius 2 is 2.12 bits per heavy atom. The summed E-state index contributed by atoms with van der Waals surface area (Å²) < 4.78 is 1.72. The minimum atomic E-state index is -0.0584. The number of carbonyl (C=O) groups is 2. The van der Waals surface area contributed by atoms with E-state index in [1.54, 1.807) is 10.9 Å². The molecule has 3 fully saturated rings. The molecule has 0 spiro atoms. The molecule has 130 valence electrons. The Hall–Kier alpha value is -2.11. The second-order valence-corrected chi connectivity index (χ2v) is 7.13. The summed E-state index contributed by atoms with van der Waals surface area (Å²) >= 11 is 0. The number of allylic oxidation sites excluding steroid dienone is 1. The van der Waals surface area contributed by atoms with E-state index < -0.39 is 0 Å². The van der Waals surface area contributed by atoms with Gasteiger partial charge in [-0.2, -0.15) is 5.10 Å². The average molecular weight is 330 g/mol. The van der Waals surface area contributed by atoms with Crippen LogP contribution in [0.1, 0.15) is 32.4 Å². The molecule has 3 saturated heterocycles. The highest BCUT2D eigenvalue weighted by Crippen LogP contribution is 2.29. The van der Waals surface area contributed by atoms with Crippen molar-refractivity contribution in [3.05, 3.63) is 29.6 Å². The Morgan fingerprint density at radius 1 is 1.33 bits per heavy atom. The molecule has 6 heteroatoms. The van der Waals surface area contributed by atoms with Gasteiger partial charge in [0, 0.05) is 37.6 Å². The van der Waals surface area contributed by atoms with Gasteiger partial charge in [-0.1, -0.05) is 11.6 Å². The molecule has 3 aliphatic heterocycles. The monoisotopic (exact) mass is 330 g/mol. The number of aromatic nitrogens is 2. The molecule has 0 radical (unpaired) electrons. The lowest BCUT2D eigenvalue weighted by atomic mass is 9.94. The lowest BCUT2D eigenvalue weighted by Gasteiger charge is -2.35. The second-order valence-electron chi connectivity index (χ2n) is 7.13. The van der Waals surface area contributed by atoms with E-state index >= 15 is 0 Å². The summed E-state index contributed by atoms with van der Waals surface area (Å²) in [6, 6.07) is 2.03. The van der Waals surface area contributed by atoms with Gasteiger partial charge in [-0.15, -0.1) is 0 Å². The minimum Gasteiger partial charge on any atom is -0.338 e. The maximum atomic E-state index is 12.7. The van der Waals surface area contributed by atoms with Crippen molar-refractivity contribution in [1.82, 2.24) is 19.6 Å². The van der Waals surface area contributed by atoms with E-state index in [1.807, 2.05) is 36.6 Å². The summed E-state index contributed by atoms with van der Waals surface area (Å²) in [7, 11) is 0. The van der Waals surface area contributed by atoms with Crippen LogP contribution in [0.5, 0.6) is 0 Å². The molecule has 3 aliphatic rings. The topological polar surface area (TPSA) is 58.4 Å². The summed E-state index contributed by atoms with van der Waals surface area (Å²) in [5.74, 6) is 0.196. The van der Waals surface area contributed by atoms with Crippen molar-refractivity contribution in [2.45, 2.75) is 46.2 Å². The highest BCUT2D eigenvalue weighted by Gasteiger charge is 2.41. The fraction of sp³-hybridized carbons (Fsp3) is 0.611. The van der Waals surface area contributed by atoms with Crippen molar-refractivity contribution in [3.63, 3.8) is 0 Å². The molecule has 0 saturated carbocycles. The molecule has 0 aliphatic carbocycles. The van der Waals surface area contributed by atoms with Gasteiger partial charge >= 0.3 is 0 Å². The number of hydrogen-bond acceptors (Lipinski definition) is 3. The highest BCUT2D eigenvalue weighted by molar-refractivity contribution is 5.83. The summed E-state index contributed by atoms with van der Waals surface area (Å²) in [6.07, 6.45) is 5.67. The van der Waals surface area contributed by atoms with E-state index in [-0.39, 0.29) is 30.3 Å². The van der Waals surface area contributed by atoms with E-state index in [0.717, 1.165) is 18.5 Å². The number of fused-ring (bicyclic) bond motifs is 4. The molecule has 0 aromatic carbocycles. The van der Waals surface area contributed by atoms with Crippen LogP contribution < -0.4 is 0 Å². The van der Waals surface area contributed by atoms with Crippen LogP contribution >= 0.6 is 0 Å². The maximum absolute atomic E-state index is 12.7. The Labute approximate surface area is 143 Å². The van der Waals surface area contributed by atoms with Crippen molar-refractivity contribution in [3.8, 4) is 0 Å². The molecule has 2 atom stereocenters. The molecule has 1 aromatic rings. The lowest BCUT2D eigenvalue weighted by molar-refractivity contribution is -0.139. The first kappa shape index (κ1) is 16.7. The molecular weight excluding hydrogens is 304 g/mol. The Balaban J connectivity index is 1.72. The zero-order valence-corrected chi connectivity index (χ0v) is 14.7. The van der Waals surface area contributed by atoms with E-state index in [4.69, 9.17) is 0 Å². The van der Waals surface area contributed by atoms with E-state index in [1.165, 1.54) is 5.57 Å². The van der Waals surface area contributed by atoms with Crippen molar-refractivity contribution >= 4 is 11.8 Å². The van der Waals surface area contributed by atoms with Gasteiger partial charge in [-0.3, -0.25) is 14.3 Å². The summed E-state index contributed by atoms with van der Waals surface area (Å²) in [4.78, 5) is 29.2. The third-order valence-corrected chi connectivity index (χ3v) is 5.06. The van der Waals surface area contributed by atoms with Gasteiger partial charge in [-0.05, 0) is 39.7 Å². The van der Waals surface area contributed by atoms with Gasteiger partial charge in [0.15, 0.2) is 0 Å². The van der Waals surface area contributed by atoms with Crippen molar-refractivity contribution in [2.24, 2.45) is 5.92 Å². The van der Waals surface area contributed by atoms with Crippen LogP contribution in [0, 0.1) is 12.8 Å². The predicted molar refractivity (Wildman–Crippen MR) is 91.2 cm³/mol. The number of carbonyl (C=O) groups excluding carboxylic acids is 2. The lowest BCUT2D eigenvalue weighted by Crippen LogP contribution is -2.48. The quantitative estimate of drug-likeness (QED) is 0.788. The SMILES string of the molecule is CC(C)=CCN1C(=O)[C@@H]2CC[C@H]1CN(C(=O)Cn1nccc1C)C2. The fourth-order valence-corrected chi connectivity index (χ4v) is 3.56. The van der Waals surface area contributed by atoms with Crippen LogP contribution in [0.25, 0.3) is 0 Å². The van der Waals surface area contributed by atoms with Gasteiger partial charge in [0.2, 0.25) is 11.8 Å². The number of hydrogen-bond donors (Lipinski definition) is 0. The summed E-state index contributed by atoms with van der Waals surface area (Å²) in [6.45, 7) is 8.11. The minimum absolute atomic E-state index is 0.0514. The molecule has 2 amide bonds. The van der Waals surface area contributed by atoms with E-state index in [2.05, 4.69) is 11.2 Å². The van der Waals surface area contributed by atoms with Crippen LogP contribution in [0.4, 0.5) is 0 Å². The van der Waals surface area contributed by atoms with Crippen LogP contribution in [-0.2, 0) is 16.1 Å². The molecule has 2 bridgehead atoms. The number of aryl methyl sites for hydroxylation is 1. The van der Waals surface area contributed by atoms with E-state index in [9.17, 15) is 9.59 Å². The first-order chi connectivity index (χ1) is 11.5. The van der Waals surface area contributed by atoms with Crippen LogP contribution in [0.2, 0.25) is 0 Å². The van der Waals surface area contributed by atoms with E-state index in [0.29, 0.717) is 19.6 Å². The molecule has 6 nitrogen and oxygen atoms in total. The summed E-state index contributed by atoms with van der Waals surface area (Å²) in [5.41, 5.74) is 2.19. The van der Waals surface area contributed by atoms with Crippen LogP contribution in [-0.4, -0.2) is 57.1 Å². The predicted octanol–water partition coefficient (Wildman–Crippen LogP) is 1.61. The second kappa shape index (κ2) is 6.79. The first-order valence-electron chi connectivity index (χ1n) is 8.65. The largest absolute Gasteiger partial charge is 0.338 e. The number of amides is 2. The van der Waals surface area contributed by atoms with Gasteiger partial charge in [0.25, 0.3) is 0 Å². The molecular formula is C18H26N4O2. The highest BCUT2D eigenvalue weighted by atomic mass is 16.2. The molecule has 24 heavy (non-hydrogen) atoms. The zero-order chi connectivity index (χ0) is 17.3. The molecule has 4 rings (SSSR count). The van der Waals surface area contributed by atoms with Crippen LogP contribution in [0.15, 0.2) is 23.9 Å². The fourth-order valence-electron chi connectivity index (χ4n) is 3.56. The zero-order valence-electron chi connectivity index (χ0n) is 14.7. The van der Waals surface area contributed by atoms with Crippen LogP contribution in [0.3, 0.4) is 0 Å². The first-order valence-corrected chi connectivity index (χ1v) is 8.65. The van der Waals surface area contributed by atoms with Crippen molar-refractivity contribution in [1.29, 1.82) is 0 Å². The standard InChI is InChI=1S/C18H26N4O2/c1-13(2)7-9-21-16-5-4-15(18(21)24)10-20(11-16)17(23)12-22-14(3)6-8-19-22/h6-8,15-16H,4-5,9-12H2,1-3H3/t15-,16+/m1/s1. The van der Waals surface area contributed by atoms with Gasteiger partial charge in [-0.25, -0.2) is 0 Å². The smallest absolute Gasteiger partial charge is 0.244 e. The number of nitrogens with zero attached hydrogens (tertiary/aromatic N) is 4. The molecule has 1 aromatic heterocycles. The average Bonchev–Trinajstić information content (AvgIpc) is 2.76. The number of rotatable bonds is 4. The third-order valence-electron chi connectivity index (χ3n) is 5.06. The van der Waals surface area contributed by atoms with Crippen molar-refractivity contribution in [2.75, 3.05) is 19.6 Å². The Kier molecular flexibility index (Phi) is 4.73. The summed E-state index contributed by atoms with van der Waals surface area (Å²) in [5, 5.41) is 4.19. The molecule has 4 heterocycles. The molecule has 0 N–H and O–H groups in total. The van der Waals surface area contributed by atoms with Gasteiger partial charge < -0.3 is 9.80 Å². The molecule has 0 unspecified atom stereocenters. The number of piperidine rings is 1. The Bertz CT molecular complexity index is 660. The van der Waals surface area contributed by atoms with Gasteiger partial charge in [0.05, 0.1) is 5.92 Å². The Morgan fingerprint density at radius 3 is 2.79 bits per heavy atom. The van der Waals surface area contributed by atoms with Gasteiger partial charge in [0.1, 0.15) is 6.54 Å².